The molecule has 0 aliphatic carbocycles. The minimum Gasteiger partial charge on any atom is -0.452 e. The molecule has 0 atom stereocenters. The Morgan fingerprint density at radius 2 is 1.83 bits per heavy atom. The van der Waals surface area contributed by atoms with Crippen LogP contribution in [0.2, 0.25) is 0 Å². The zero-order valence-electron chi connectivity index (χ0n) is 15.9. The molecular formula is C20H21FN2O5S. The van der Waals surface area contributed by atoms with Gasteiger partial charge >= 0.3 is 5.97 Å². The Hall–Kier alpha value is -2.94. The summed E-state index contributed by atoms with van der Waals surface area (Å²) in [5, 5.41) is 0. The van der Waals surface area contributed by atoms with Gasteiger partial charge in [-0.3, -0.25) is 9.52 Å². The Kier molecular flexibility index (Phi) is 6.17. The van der Waals surface area contributed by atoms with Crippen molar-refractivity contribution in [1.82, 2.24) is 4.90 Å². The minimum absolute atomic E-state index is 0.00750. The molecule has 0 saturated carbocycles. The second-order valence-corrected chi connectivity index (χ2v) is 8.41. The smallest absolute Gasteiger partial charge is 0.340 e. The standard InChI is InChI=1S/C20H21FN2O5S/c1-14-12-15(8-9-17(14)21)29(26,27)22-18-7-3-2-6-16(18)20(25)28-13-19(24)23-10-4-5-11-23/h2-3,6-9,12,22H,4-5,10-11,13H2,1H3. The number of carbonyl (C=O) groups excluding carboxylic acids is 2. The van der Waals surface area contributed by atoms with Crippen molar-refractivity contribution in [3.8, 4) is 0 Å². The van der Waals surface area contributed by atoms with E-state index in [-0.39, 0.29) is 27.6 Å². The van der Waals surface area contributed by atoms with Crippen LogP contribution in [0.25, 0.3) is 0 Å². The molecule has 0 aromatic heterocycles. The van der Waals surface area contributed by atoms with Crippen molar-refractivity contribution in [3.63, 3.8) is 0 Å². The highest BCUT2D eigenvalue weighted by Gasteiger charge is 2.22. The molecule has 1 saturated heterocycles. The van der Waals surface area contributed by atoms with Gasteiger partial charge in [-0.25, -0.2) is 17.6 Å². The number of nitrogens with one attached hydrogen (secondary N) is 1. The van der Waals surface area contributed by atoms with Gasteiger partial charge in [0.2, 0.25) is 0 Å². The number of rotatable bonds is 6. The van der Waals surface area contributed by atoms with E-state index in [1.807, 2.05) is 0 Å². The molecule has 1 aliphatic heterocycles. The second kappa shape index (κ2) is 8.60. The van der Waals surface area contributed by atoms with E-state index in [4.69, 9.17) is 4.74 Å². The third-order valence-corrected chi connectivity index (χ3v) is 5.98. The highest BCUT2D eigenvalue weighted by atomic mass is 32.2. The number of halogens is 1. The maximum absolute atomic E-state index is 13.4. The van der Waals surface area contributed by atoms with E-state index in [9.17, 15) is 22.4 Å². The Morgan fingerprint density at radius 1 is 1.14 bits per heavy atom. The Balaban J connectivity index is 1.74. The molecule has 1 aliphatic rings. The largest absolute Gasteiger partial charge is 0.452 e. The number of ether oxygens (including phenoxy) is 1. The van der Waals surface area contributed by atoms with Crippen molar-refractivity contribution >= 4 is 27.6 Å². The van der Waals surface area contributed by atoms with Crippen LogP contribution in [0, 0.1) is 12.7 Å². The first-order chi connectivity index (χ1) is 13.8. The lowest BCUT2D eigenvalue weighted by Crippen LogP contribution is -2.32. The fourth-order valence-electron chi connectivity index (χ4n) is 3.00. The molecule has 2 aromatic rings. The number of anilines is 1. The number of para-hydroxylation sites is 1. The molecule has 1 amide bonds. The van der Waals surface area contributed by atoms with Crippen LogP contribution < -0.4 is 4.72 Å². The van der Waals surface area contributed by atoms with E-state index in [0.29, 0.717) is 13.1 Å². The summed E-state index contributed by atoms with van der Waals surface area (Å²) < 4.78 is 46.1. The number of hydrogen-bond donors (Lipinski definition) is 1. The van der Waals surface area contributed by atoms with Gasteiger partial charge in [0.1, 0.15) is 5.82 Å². The molecule has 0 radical (unpaired) electrons. The van der Waals surface area contributed by atoms with E-state index in [2.05, 4.69) is 4.72 Å². The quantitative estimate of drug-likeness (QED) is 0.726. The Bertz CT molecular complexity index is 1030. The zero-order valence-corrected chi connectivity index (χ0v) is 16.7. The maximum Gasteiger partial charge on any atom is 0.340 e. The molecule has 3 rings (SSSR count). The number of carbonyl (C=O) groups is 2. The van der Waals surface area contributed by atoms with Crippen molar-refractivity contribution in [2.24, 2.45) is 0 Å². The number of likely N-dealkylation sites (tertiary alicyclic amines) is 1. The average molecular weight is 420 g/mol. The van der Waals surface area contributed by atoms with Gasteiger partial charge in [0.15, 0.2) is 6.61 Å². The first-order valence-corrected chi connectivity index (χ1v) is 10.6. The van der Waals surface area contributed by atoms with Crippen LogP contribution in [0.1, 0.15) is 28.8 Å². The average Bonchev–Trinajstić information content (AvgIpc) is 3.23. The molecule has 1 N–H and O–H groups in total. The van der Waals surface area contributed by atoms with Gasteiger partial charge in [-0.2, -0.15) is 0 Å². The predicted molar refractivity (Wildman–Crippen MR) is 104 cm³/mol. The van der Waals surface area contributed by atoms with Crippen molar-refractivity contribution in [2.75, 3.05) is 24.4 Å². The third kappa shape index (κ3) is 4.92. The first-order valence-electron chi connectivity index (χ1n) is 9.11. The molecule has 9 heteroatoms. The van der Waals surface area contributed by atoms with Gasteiger partial charge in [0.05, 0.1) is 16.1 Å². The molecule has 0 spiro atoms. The molecule has 1 fully saturated rings. The van der Waals surface area contributed by atoms with Crippen LogP contribution in [-0.4, -0.2) is 44.9 Å². The summed E-state index contributed by atoms with van der Waals surface area (Å²) in [6, 6.07) is 9.32. The van der Waals surface area contributed by atoms with E-state index in [0.717, 1.165) is 25.0 Å². The number of hydrogen-bond acceptors (Lipinski definition) is 5. The fourth-order valence-corrected chi connectivity index (χ4v) is 4.17. The first kappa shape index (κ1) is 20.8. The molecule has 2 aromatic carbocycles. The fraction of sp³-hybridized carbons (Fsp3) is 0.300. The van der Waals surface area contributed by atoms with Crippen LogP contribution >= 0.6 is 0 Å². The van der Waals surface area contributed by atoms with Crippen molar-refractivity contribution in [1.29, 1.82) is 0 Å². The predicted octanol–water partition coefficient (Wildman–Crippen LogP) is 2.71. The Morgan fingerprint density at radius 3 is 2.52 bits per heavy atom. The number of benzene rings is 2. The molecule has 1 heterocycles. The minimum atomic E-state index is -4.05. The lowest BCUT2D eigenvalue weighted by atomic mass is 10.2. The molecule has 29 heavy (non-hydrogen) atoms. The topological polar surface area (TPSA) is 92.8 Å². The summed E-state index contributed by atoms with van der Waals surface area (Å²) in [5.41, 5.74) is 0.165. The summed E-state index contributed by atoms with van der Waals surface area (Å²) in [7, 11) is -4.05. The molecule has 154 valence electrons. The maximum atomic E-state index is 13.4. The summed E-state index contributed by atoms with van der Waals surface area (Å²) >= 11 is 0. The van der Waals surface area contributed by atoms with Gasteiger partial charge in [0.25, 0.3) is 15.9 Å². The van der Waals surface area contributed by atoms with Crippen LogP contribution in [0.5, 0.6) is 0 Å². The van der Waals surface area contributed by atoms with Gasteiger partial charge in [-0.15, -0.1) is 0 Å². The lowest BCUT2D eigenvalue weighted by molar-refractivity contribution is -0.133. The highest BCUT2D eigenvalue weighted by molar-refractivity contribution is 7.92. The molecule has 7 nitrogen and oxygen atoms in total. The molecule has 0 bridgehead atoms. The SMILES string of the molecule is Cc1cc(S(=O)(=O)Nc2ccccc2C(=O)OCC(=O)N2CCCC2)ccc1F. The van der Waals surface area contributed by atoms with Crippen LogP contribution in [-0.2, 0) is 19.6 Å². The highest BCUT2D eigenvalue weighted by Crippen LogP contribution is 2.22. The number of esters is 1. The van der Waals surface area contributed by atoms with E-state index >= 15 is 0 Å². The summed E-state index contributed by atoms with van der Waals surface area (Å²) in [6.45, 7) is 2.34. The van der Waals surface area contributed by atoms with Crippen molar-refractivity contribution < 1.29 is 27.1 Å². The van der Waals surface area contributed by atoms with Gasteiger partial charge < -0.3 is 9.64 Å². The van der Waals surface area contributed by atoms with Gasteiger partial charge in [0, 0.05) is 13.1 Å². The second-order valence-electron chi connectivity index (χ2n) is 6.73. The van der Waals surface area contributed by atoms with Gasteiger partial charge in [-0.05, 0) is 55.7 Å². The number of amides is 1. The lowest BCUT2D eigenvalue weighted by Gasteiger charge is -2.16. The number of aryl methyl sites for hydroxylation is 1. The third-order valence-electron chi connectivity index (χ3n) is 4.62. The zero-order chi connectivity index (χ0) is 21.0. The summed E-state index contributed by atoms with van der Waals surface area (Å²) in [5.74, 6) is -1.61. The Labute approximate surface area is 168 Å². The number of nitrogens with zero attached hydrogens (tertiary/aromatic N) is 1. The van der Waals surface area contributed by atoms with Crippen LogP contribution in [0.15, 0.2) is 47.4 Å². The van der Waals surface area contributed by atoms with Crippen molar-refractivity contribution in [3.05, 3.63) is 59.4 Å². The van der Waals surface area contributed by atoms with E-state index in [1.54, 1.807) is 17.0 Å². The molecular weight excluding hydrogens is 399 g/mol. The van der Waals surface area contributed by atoms with Crippen LogP contribution in [0.3, 0.4) is 0 Å². The number of sulfonamides is 1. The van der Waals surface area contributed by atoms with Gasteiger partial charge in [-0.1, -0.05) is 12.1 Å². The molecule has 0 unspecified atom stereocenters. The van der Waals surface area contributed by atoms with Crippen molar-refractivity contribution in [2.45, 2.75) is 24.7 Å². The monoisotopic (exact) mass is 420 g/mol. The summed E-state index contributed by atoms with van der Waals surface area (Å²) in [6.07, 6.45) is 1.85. The normalized spacial score (nSPS) is 13.9. The summed E-state index contributed by atoms with van der Waals surface area (Å²) in [4.78, 5) is 26.0. The van der Waals surface area contributed by atoms with Crippen LogP contribution in [0.4, 0.5) is 10.1 Å². The van der Waals surface area contributed by atoms with E-state index < -0.39 is 28.4 Å². The van der Waals surface area contributed by atoms with E-state index in [1.165, 1.54) is 25.1 Å².